The van der Waals surface area contributed by atoms with Crippen molar-refractivity contribution in [1.82, 2.24) is 4.98 Å². The van der Waals surface area contributed by atoms with Crippen molar-refractivity contribution in [2.45, 2.75) is 25.4 Å². The van der Waals surface area contributed by atoms with Crippen LogP contribution < -0.4 is 10.6 Å². The molecule has 0 radical (unpaired) electrons. The van der Waals surface area contributed by atoms with Crippen molar-refractivity contribution in [3.63, 3.8) is 0 Å². The average molecular weight is 325 g/mol. The van der Waals surface area contributed by atoms with Gasteiger partial charge in [-0.25, -0.2) is 4.98 Å². The highest BCUT2D eigenvalue weighted by Gasteiger charge is 2.39. The zero-order valence-corrected chi connectivity index (χ0v) is 13.7. The Morgan fingerprint density at radius 1 is 1.12 bits per heavy atom. The van der Waals surface area contributed by atoms with Crippen LogP contribution >= 0.6 is 0 Å². The minimum Gasteiger partial charge on any atom is -0.377 e. The highest BCUT2D eigenvalue weighted by atomic mass is 16.5. The van der Waals surface area contributed by atoms with Gasteiger partial charge in [0.2, 0.25) is 5.91 Å². The summed E-state index contributed by atoms with van der Waals surface area (Å²) in [4.78, 5) is 18.7. The smallest absolute Gasteiger partial charge is 0.223 e. The lowest BCUT2D eigenvalue weighted by molar-refractivity contribution is -0.124. The Labute approximate surface area is 141 Å². The topological polar surface area (TPSA) is 68.5 Å². The Hall–Kier alpha value is -2.14. The number of amides is 1. The van der Waals surface area contributed by atoms with Crippen LogP contribution in [-0.2, 0) is 9.53 Å². The van der Waals surface area contributed by atoms with Gasteiger partial charge in [-0.1, -0.05) is 18.2 Å². The lowest BCUT2D eigenvalue weighted by atomic mass is 9.84. The summed E-state index contributed by atoms with van der Waals surface area (Å²) in [6, 6.07) is 12.4. The summed E-state index contributed by atoms with van der Waals surface area (Å²) in [7, 11) is 0. The monoisotopic (exact) mass is 325 g/mol. The van der Waals surface area contributed by atoms with E-state index >= 15 is 0 Å². The predicted molar refractivity (Wildman–Crippen MR) is 93.7 cm³/mol. The molecule has 24 heavy (non-hydrogen) atoms. The number of carbonyl (C=O) groups excluding carboxylic acids is 1. The second-order valence-corrected chi connectivity index (χ2v) is 6.82. The number of aromatic nitrogens is 1. The third kappa shape index (κ3) is 2.84. The summed E-state index contributed by atoms with van der Waals surface area (Å²) in [6.45, 7) is 2.55. The van der Waals surface area contributed by atoms with Crippen molar-refractivity contribution in [2.75, 3.05) is 24.6 Å². The first-order valence-corrected chi connectivity index (χ1v) is 8.74. The van der Waals surface area contributed by atoms with Gasteiger partial charge in [0.25, 0.3) is 0 Å². The van der Waals surface area contributed by atoms with Crippen molar-refractivity contribution < 1.29 is 9.53 Å². The van der Waals surface area contributed by atoms with Crippen LogP contribution in [0.25, 0.3) is 10.9 Å². The number of ether oxygens (including phenoxy) is 1. The molecule has 3 heterocycles. The number of benzene rings is 1. The zero-order valence-electron chi connectivity index (χ0n) is 13.7. The molecule has 0 spiro atoms. The van der Waals surface area contributed by atoms with Crippen LogP contribution in [0.5, 0.6) is 0 Å². The van der Waals surface area contributed by atoms with E-state index in [0.29, 0.717) is 12.5 Å². The molecule has 1 aromatic carbocycles. The zero-order chi connectivity index (χ0) is 16.5. The fourth-order valence-corrected chi connectivity index (χ4v) is 4.07. The summed E-state index contributed by atoms with van der Waals surface area (Å²) in [5, 5.41) is 1.17. The fraction of sp³-hybridized carbons (Fsp3) is 0.474. The van der Waals surface area contributed by atoms with Gasteiger partial charge in [0, 0.05) is 25.1 Å². The molecular weight excluding hydrogens is 302 g/mol. The summed E-state index contributed by atoms with van der Waals surface area (Å²) in [6.07, 6.45) is 2.81. The molecule has 0 aliphatic carbocycles. The van der Waals surface area contributed by atoms with Gasteiger partial charge in [0.1, 0.15) is 5.82 Å². The molecule has 4 rings (SSSR count). The SMILES string of the molecule is NC(=O)[C@H]1CCO[C@@H]1C1CCN(c2ccc3ccccc3n2)CC1. The normalized spacial score (nSPS) is 25.2. The Morgan fingerprint density at radius 3 is 2.71 bits per heavy atom. The molecule has 2 aliphatic rings. The number of fused-ring (bicyclic) bond motifs is 1. The number of primary amides is 1. The van der Waals surface area contributed by atoms with E-state index in [1.165, 1.54) is 5.39 Å². The van der Waals surface area contributed by atoms with Gasteiger partial charge in [0.05, 0.1) is 17.5 Å². The molecule has 0 unspecified atom stereocenters. The van der Waals surface area contributed by atoms with E-state index in [4.69, 9.17) is 15.5 Å². The number of pyridine rings is 1. The first-order chi connectivity index (χ1) is 11.7. The minimum atomic E-state index is -0.212. The highest BCUT2D eigenvalue weighted by Crippen LogP contribution is 2.34. The van der Waals surface area contributed by atoms with E-state index in [1.807, 2.05) is 12.1 Å². The molecule has 126 valence electrons. The Balaban J connectivity index is 1.44. The maximum Gasteiger partial charge on any atom is 0.223 e. The number of para-hydroxylation sites is 1. The molecule has 5 heteroatoms. The minimum absolute atomic E-state index is 0.00853. The molecule has 1 amide bonds. The highest BCUT2D eigenvalue weighted by molar-refractivity contribution is 5.80. The molecule has 2 saturated heterocycles. The Bertz CT molecular complexity index is 740. The van der Waals surface area contributed by atoms with E-state index in [-0.39, 0.29) is 17.9 Å². The van der Waals surface area contributed by atoms with Crippen LogP contribution in [-0.4, -0.2) is 36.7 Å². The van der Waals surface area contributed by atoms with Gasteiger partial charge in [-0.3, -0.25) is 4.79 Å². The van der Waals surface area contributed by atoms with Gasteiger partial charge in [-0.2, -0.15) is 0 Å². The molecule has 0 saturated carbocycles. The number of carbonyl (C=O) groups is 1. The van der Waals surface area contributed by atoms with Crippen molar-refractivity contribution in [3.05, 3.63) is 36.4 Å². The largest absolute Gasteiger partial charge is 0.377 e. The molecule has 2 aromatic rings. The van der Waals surface area contributed by atoms with Gasteiger partial charge in [0.15, 0.2) is 0 Å². The van der Waals surface area contributed by atoms with Crippen molar-refractivity contribution >= 4 is 22.6 Å². The predicted octanol–water partition coefficient (Wildman–Crippen LogP) is 2.34. The van der Waals surface area contributed by atoms with Crippen molar-refractivity contribution in [1.29, 1.82) is 0 Å². The second-order valence-electron chi connectivity index (χ2n) is 6.82. The number of nitrogens with zero attached hydrogens (tertiary/aromatic N) is 2. The molecule has 2 atom stereocenters. The third-order valence-electron chi connectivity index (χ3n) is 5.41. The molecule has 2 aliphatic heterocycles. The van der Waals surface area contributed by atoms with Crippen molar-refractivity contribution in [2.24, 2.45) is 17.6 Å². The lowest BCUT2D eigenvalue weighted by Crippen LogP contribution is -2.42. The van der Waals surface area contributed by atoms with E-state index in [9.17, 15) is 4.79 Å². The summed E-state index contributed by atoms with van der Waals surface area (Å²) in [5.41, 5.74) is 6.56. The average Bonchev–Trinajstić information content (AvgIpc) is 3.11. The Kier molecular flexibility index (Phi) is 4.10. The van der Waals surface area contributed by atoms with Crippen LogP contribution in [0.2, 0.25) is 0 Å². The van der Waals surface area contributed by atoms with Crippen LogP contribution in [0, 0.1) is 11.8 Å². The summed E-state index contributed by atoms with van der Waals surface area (Å²) in [5.74, 6) is 1.13. The van der Waals surface area contributed by atoms with Gasteiger partial charge < -0.3 is 15.4 Å². The fourth-order valence-electron chi connectivity index (χ4n) is 4.07. The van der Waals surface area contributed by atoms with Crippen LogP contribution in [0.3, 0.4) is 0 Å². The molecule has 1 aromatic heterocycles. The number of anilines is 1. The van der Waals surface area contributed by atoms with Gasteiger partial charge >= 0.3 is 0 Å². The van der Waals surface area contributed by atoms with Gasteiger partial charge in [-0.15, -0.1) is 0 Å². The van der Waals surface area contributed by atoms with E-state index in [1.54, 1.807) is 0 Å². The quantitative estimate of drug-likeness (QED) is 0.940. The number of hydrogen-bond acceptors (Lipinski definition) is 4. The van der Waals surface area contributed by atoms with Crippen LogP contribution in [0.15, 0.2) is 36.4 Å². The summed E-state index contributed by atoms with van der Waals surface area (Å²) < 4.78 is 5.83. The number of rotatable bonds is 3. The first kappa shape index (κ1) is 15.4. The molecule has 2 N–H and O–H groups in total. The van der Waals surface area contributed by atoms with Crippen molar-refractivity contribution in [3.8, 4) is 0 Å². The maximum atomic E-state index is 11.6. The van der Waals surface area contributed by atoms with Gasteiger partial charge in [-0.05, 0) is 43.4 Å². The number of piperidine rings is 1. The molecular formula is C19H23N3O2. The summed E-state index contributed by atoms with van der Waals surface area (Å²) >= 11 is 0. The number of nitrogens with two attached hydrogens (primary N) is 1. The van der Waals surface area contributed by atoms with Crippen LogP contribution in [0.1, 0.15) is 19.3 Å². The lowest BCUT2D eigenvalue weighted by Gasteiger charge is -2.36. The van der Waals surface area contributed by atoms with Crippen LogP contribution in [0.4, 0.5) is 5.82 Å². The standard InChI is InChI=1S/C19H23N3O2/c20-19(23)15-9-12-24-18(15)14-7-10-22(11-8-14)17-6-5-13-3-1-2-4-16(13)21-17/h1-6,14-15,18H,7-12H2,(H2,20,23)/t15-,18+/m0/s1. The van der Waals surface area contributed by atoms with E-state index in [0.717, 1.165) is 43.7 Å². The molecule has 2 fully saturated rings. The van der Waals surface area contributed by atoms with E-state index < -0.39 is 0 Å². The van der Waals surface area contributed by atoms with E-state index in [2.05, 4.69) is 29.2 Å². The maximum absolute atomic E-state index is 11.6. The Morgan fingerprint density at radius 2 is 1.92 bits per heavy atom. The second kappa shape index (κ2) is 6.40. The molecule has 0 bridgehead atoms. The third-order valence-corrected chi connectivity index (χ3v) is 5.41. The number of hydrogen-bond donors (Lipinski definition) is 1. The molecule has 5 nitrogen and oxygen atoms in total. The first-order valence-electron chi connectivity index (χ1n) is 8.74.